The van der Waals surface area contributed by atoms with Crippen molar-refractivity contribution >= 4 is 35.6 Å². The number of hydroxylamine groups is 2. The molecule has 3 N–H and O–H groups in total. The van der Waals surface area contributed by atoms with Gasteiger partial charge in [-0.2, -0.15) is 14.4 Å². The maximum Gasteiger partial charge on any atom is 0.243 e. The predicted octanol–water partition coefficient (Wildman–Crippen LogP) is 2.99. The molecular formula is C20H26ClFN6O4. The van der Waals surface area contributed by atoms with E-state index >= 15 is 4.39 Å². The van der Waals surface area contributed by atoms with Crippen molar-refractivity contribution in [3.8, 4) is 0 Å². The zero-order valence-electron chi connectivity index (χ0n) is 17.6. The highest BCUT2D eigenvalue weighted by Crippen LogP contribution is 2.31. The molecule has 0 saturated heterocycles. The van der Waals surface area contributed by atoms with Crippen molar-refractivity contribution in [2.24, 2.45) is 11.8 Å². The second kappa shape index (κ2) is 11.1. The van der Waals surface area contributed by atoms with Crippen LogP contribution in [0.3, 0.4) is 0 Å². The molecule has 0 unspecified atom stereocenters. The lowest BCUT2D eigenvalue weighted by Crippen LogP contribution is -2.41. The Kier molecular flexibility index (Phi) is 8.23. The van der Waals surface area contributed by atoms with Crippen molar-refractivity contribution in [1.82, 2.24) is 20.5 Å². The summed E-state index contributed by atoms with van der Waals surface area (Å²) in [7, 11) is 1.61. The van der Waals surface area contributed by atoms with E-state index in [0.29, 0.717) is 23.2 Å². The van der Waals surface area contributed by atoms with Crippen LogP contribution in [0.25, 0.3) is 0 Å². The first-order valence-electron chi connectivity index (χ1n) is 10.3. The van der Waals surface area contributed by atoms with E-state index in [4.69, 9.17) is 16.0 Å². The first-order valence-corrected chi connectivity index (χ1v) is 10.7. The van der Waals surface area contributed by atoms with Gasteiger partial charge in [-0.15, -0.1) is 0 Å². The monoisotopic (exact) mass is 468 g/mol. The molecule has 2 aromatic heterocycles. The van der Waals surface area contributed by atoms with Gasteiger partial charge in [0, 0.05) is 7.05 Å². The molecule has 0 aliphatic heterocycles. The van der Waals surface area contributed by atoms with E-state index < -0.39 is 17.6 Å². The molecule has 2 aromatic rings. The van der Waals surface area contributed by atoms with Crippen molar-refractivity contribution in [3.05, 3.63) is 35.3 Å². The number of halogens is 2. The van der Waals surface area contributed by atoms with Gasteiger partial charge >= 0.3 is 0 Å². The van der Waals surface area contributed by atoms with Crippen molar-refractivity contribution in [3.63, 3.8) is 0 Å². The van der Waals surface area contributed by atoms with Gasteiger partial charge in [0.25, 0.3) is 0 Å². The summed E-state index contributed by atoms with van der Waals surface area (Å²) in [6.07, 6.45) is 6.42. The third-order valence-electron chi connectivity index (χ3n) is 5.44. The van der Waals surface area contributed by atoms with Gasteiger partial charge in [-0.1, -0.05) is 25.7 Å². The number of furan rings is 1. The van der Waals surface area contributed by atoms with E-state index in [2.05, 4.69) is 20.8 Å². The van der Waals surface area contributed by atoms with Crippen LogP contribution in [-0.4, -0.2) is 46.1 Å². The molecule has 1 fully saturated rings. The third-order valence-corrected chi connectivity index (χ3v) is 5.61. The van der Waals surface area contributed by atoms with Crippen LogP contribution in [0.2, 0.25) is 5.28 Å². The summed E-state index contributed by atoms with van der Waals surface area (Å²) in [4.78, 5) is 32.8. The molecule has 10 nitrogen and oxygen atoms in total. The van der Waals surface area contributed by atoms with Crippen LogP contribution >= 0.6 is 11.6 Å². The molecule has 1 aliphatic rings. The lowest BCUT2D eigenvalue weighted by Gasteiger charge is -2.23. The Labute approximate surface area is 189 Å². The molecule has 2 amide bonds. The molecule has 1 saturated carbocycles. The van der Waals surface area contributed by atoms with Gasteiger partial charge in [0.15, 0.2) is 11.6 Å². The van der Waals surface area contributed by atoms with Crippen LogP contribution in [0.4, 0.5) is 16.0 Å². The number of carbonyl (C=O) groups is 2. The summed E-state index contributed by atoms with van der Waals surface area (Å²) in [6, 6.07) is 3.46. The number of carbonyl (C=O) groups excluding carboxylic acids is 2. The minimum Gasteiger partial charge on any atom is -0.467 e. The van der Waals surface area contributed by atoms with Crippen molar-refractivity contribution < 1.29 is 23.6 Å². The Balaban J connectivity index is 1.68. The Hall–Kier alpha value is -2.92. The quantitative estimate of drug-likeness (QED) is 0.199. The molecule has 174 valence electrons. The summed E-state index contributed by atoms with van der Waals surface area (Å²) >= 11 is 5.96. The average molecular weight is 469 g/mol. The number of hydrogen-bond donors (Lipinski definition) is 3. The normalized spacial score (nSPS) is 14.8. The Morgan fingerprint density at radius 1 is 1.44 bits per heavy atom. The Morgan fingerprint density at radius 2 is 2.19 bits per heavy atom. The maximum absolute atomic E-state index is 15.0. The lowest BCUT2D eigenvalue weighted by atomic mass is 9.92. The summed E-state index contributed by atoms with van der Waals surface area (Å²) in [6.45, 7) is 0.0716. The highest BCUT2D eigenvalue weighted by molar-refractivity contribution is 6.28. The first-order chi connectivity index (χ1) is 15.4. The summed E-state index contributed by atoms with van der Waals surface area (Å²) in [5.41, 5.74) is 4.87. The highest BCUT2D eigenvalue weighted by Gasteiger charge is 2.27. The van der Waals surface area contributed by atoms with Gasteiger partial charge in [-0.05, 0) is 36.1 Å². The zero-order valence-corrected chi connectivity index (χ0v) is 18.4. The maximum atomic E-state index is 15.0. The molecule has 32 heavy (non-hydrogen) atoms. The van der Waals surface area contributed by atoms with Gasteiger partial charge < -0.3 is 9.32 Å². The number of aromatic nitrogens is 2. The molecule has 0 radical (unpaired) electrons. The zero-order chi connectivity index (χ0) is 23.1. The molecular weight excluding hydrogens is 443 g/mol. The molecule has 12 heteroatoms. The van der Waals surface area contributed by atoms with E-state index in [1.807, 2.05) is 0 Å². The largest absolute Gasteiger partial charge is 0.467 e. The Morgan fingerprint density at radius 3 is 2.84 bits per heavy atom. The number of nitrogens with one attached hydrogen (secondary N) is 2. The topological polar surface area (TPSA) is 124 Å². The van der Waals surface area contributed by atoms with E-state index in [0.717, 1.165) is 25.7 Å². The summed E-state index contributed by atoms with van der Waals surface area (Å²) in [5.74, 6) is -1.45. The van der Waals surface area contributed by atoms with Crippen LogP contribution in [0.5, 0.6) is 0 Å². The molecule has 2 heterocycles. The fraction of sp³-hybridized carbons (Fsp3) is 0.500. The van der Waals surface area contributed by atoms with Crippen LogP contribution in [0.1, 0.15) is 37.9 Å². The van der Waals surface area contributed by atoms with E-state index in [1.54, 1.807) is 19.2 Å². The minimum atomic E-state index is -0.812. The minimum absolute atomic E-state index is 0.0804. The van der Waals surface area contributed by atoms with E-state index in [1.165, 1.54) is 11.2 Å². The highest BCUT2D eigenvalue weighted by atomic mass is 35.5. The lowest BCUT2D eigenvalue weighted by molar-refractivity contribution is -0.154. The number of anilines is 2. The molecule has 1 aliphatic carbocycles. The van der Waals surface area contributed by atoms with Crippen LogP contribution in [0, 0.1) is 17.7 Å². The molecule has 0 spiro atoms. The van der Waals surface area contributed by atoms with Gasteiger partial charge in [0.1, 0.15) is 5.76 Å². The van der Waals surface area contributed by atoms with Crippen LogP contribution in [-0.2, 0) is 16.1 Å². The third kappa shape index (κ3) is 6.30. The average Bonchev–Trinajstić information content (AvgIpc) is 3.47. The fourth-order valence-electron chi connectivity index (χ4n) is 3.86. The molecule has 1 atom stereocenters. The Bertz CT molecular complexity index is 910. The van der Waals surface area contributed by atoms with Gasteiger partial charge in [-0.25, -0.2) is 5.06 Å². The van der Waals surface area contributed by atoms with Gasteiger partial charge in [0.05, 0.1) is 25.3 Å². The molecule has 0 aromatic carbocycles. The van der Waals surface area contributed by atoms with Crippen molar-refractivity contribution in [1.29, 1.82) is 0 Å². The number of rotatable bonds is 11. The fourth-order valence-corrected chi connectivity index (χ4v) is 4.02. The number of amides is 2. The van der Waals surface area contributed by atoms with Gasteiger partial charge in [0.2, 0.25) is 23.4 Å². The summed E-state index contributed by atoms with van der Waals surface area (Å²) in [5, 5.41) is 9.79. The van der Waals surface area contributed by atoms with Gasteiger partial charge in [-0.3, -0.25) is 25.6 Å². The second-order valence-electron chi connectivity index (χ2n) is 7.84. The number of nitrogens with zero attached hydrogens (tertiary/aromatic N) is 4. The summed E-state index contributed by atoms with van der Waals surface area (Å²) < 4.78 is 20.3. The van der Waals surface area contributed by atoms with E-state index in [9.17, 15) is 14.8 Å². The van der Waals surface area contributed by atoms with Crippen LogP contribution in [0.15, 0.2) is 22.8 Å². The first kappa shape index (κ1) is 23.7. The predicted molar refractivity (Wildman–Crippen MR) is 114 cm³/mol. The standard InChI is InChI=1S/C20H26ClFN6O4/c1-27(11-15-7-4-8-32-15)18-16(22)17(23-20(21)24-18)25-26-19(30)14(10-28(31)12-29)9-13-5-2-3-6-13/h4,7-8,12-14,31H,2-3,5-6,9-11H2,1H3,(H,26,30)(H,23,24,25)/t14-/m0/s1. The smallest absolute Gasteiger partial charge is 0.243 e. The van der Waals surface area contributed by atoms with Crippen molar-refractivity contribution in [2.75, 3.05) is 23.9 Å². The van der Waals surface area contributed by atoms with Crippen LogP contribution < -0.4 is 15.8 Å². The SMILES string of the molecule is CN(Cc1ccco1)c1nc(Cl)nc(NNC(=O)[C@@H](CC2CCCC2)CN(O)C=O)c1F. The molecule has 0 bridgehead atoms. The second-order valence-corrected chi connectivity index (χ2v) is 8.18. The van der Waals surface area contributed by atoms with Crippen molar-refractivity contribution in [2.45, 2.75) is 38.6 Å². The number of hydrazine groups is 1. The number of hydrogen-bond acceptors (Lipinski definition) is 8. The van der Waals surface area contributed by atoms with E-state index in [-0.39, 0.29) is 36.4 Å². The molecule has 3 rings (SSSR count).